The highest BCUT2D eigenvalue weighted by molar-refractivity contribution is 7.09. The third-order valence-corrected chi connectivity index (χ3v) is 4.81. The van der Waals surface area contributed by atoms with Crippen molar-refractivity contribution in [1.82, 2.24) is 14.6 Å². The molecule has 0 fully saturated rings. The van der Waals surface area contributed by atoms with Crippen LogP contribution >= 0.6 is 11.5 Å². The average molecular weight is 404 g/mol. The molecule has 3 amide bonds. The van der Waals surface area contributed by atoms with Gasteiger partial charge >= 0.3 is 0 Å². The minimum atomic E-state index is -0.805. The molecule has 0 aliphatic carbocycles. The lowest BCUT2D eigenvalue weighted by Gasteiger charge is -2.31. The molecular weight excluding hydrogens is 378 g/mol. The molecule has 1 unspecified atom stereocenters. The number of benzene rings is 1. The molecule has 9 heteroatoms. The van der Waals surface area contributed by atoms with E-state index in [1.165, 1.54) is 4.90 Å². The number of nitrogen functional groups attached to an aromatic ring is 1. The molecule has 0 aliphatic heterocycles. The Balaban J connectivity index is 2.38. The van der Waals surface area contributed by atoms with Gasteiger partial charge in [-0.15, -0.1) is 0 Å². The predicted octanol–water partition coefficient (Wildman–Crippen LogP) is 1.77. The van der Waals surface area contributed by atoms with Crippen LogP contribution in [0, 0.1) is 0 Å². The van der Waals surface area contributed by atoms with Crippen LogP contribution in [0.15, 0.2) is 30.3 Å². The normalized spacial score (nSPS) is 12.3. The molecule has 2 rings (SSSR count). The van der Waals surface area contributed by atoms with Crippen LogP contribution in [0.2, 0.25) is 0 Å². The van der Waals surface area contributed by atoms with Gasteiger partial charge in [-0.2, -0.15) is 4.37 Å². The summed E-state index contributed by atoms with van der Waals surface area (Å²) in [6, 6.07) is 8.52. The second kappa shape index (κ2) is 8.39. The first-order chi connectivity index (χ1) is 13.0. The maximum absolute atomic E-state index is 13.2. The number of carbonyl (C=O) groups is 3. The molecule has 8 nitrogen and oxygen atoms in total. The summed E-state index contributed by atoms with van der Waals surface area (Å²) >= 11 is 0.795. The number of amides is 3. The summed E-state index contributed by atoms with van der Waals surface area (Å²) in [5, 5.41) is 2.88. The van der Waals surface area contributed by atoms with Crippen LogP contribution in [0.3, 0.4) is 0 Å². The third kappa shape index (κ3) is 5.07. The van der Waals surface area contributed by atoms with Crippen LogP contribution < -0.4 is 16.8 Å². The van der Waals surface area contributed by atoms with Gasteiger partial charge in [-0.3, -0.25) is 14.4 Å². The number of carbonyl (C=O) groups excluding carboxylic acids is 3. The fourth-order valence-electron chi connectivity index (χ4n) is 2.54. The predicted molar refractivity (Wildman–Crippen MR) is 109 cm³/mol. The second-order valence-electron chi connectivity index (χ2n) is 7.47. The smallest absolute Gasteiger partial charge is 0.270 e. The van der Waals surface area contributed by atoms with Crippen molar-refractivity contribution in [2.45, 2.75) is 45.8 Å². The average Bonchev–Trinajstić information content (AvgIpc) is 2.99. The van der Waals surface area contributed by atoms with Crippen molar-refractivity contribution in [2.24, 2.45) is 5.73 Å². The third-order valence-electron chi connectivity index (χ3n) is 3.96. The van der Waals surface area contributed by atoms with Gasteiger partial charge in [-0.1, -0.05) is 30.3 Å². The summed E-state index contributed by atoms with van der Waals surface area (Å²) in [5.74, 6) is -1.58. The minimum absolute atomic E-state index is 0.0657. The zero-order valence-corrected chi connectivity index (χ0v) is 17.2. The first-order valence-corrected chi connectivity index (χ1v) is 9.50. The number of nitrogens with one attached hydrogen (secondary N) is 1. The van der Waals surface area contributed by atoms with E-state index in [1.807, 2.05) is 51.1 Å². The molecule has 5 N–H and O–H groups in total. The van der Waals surface area contributed by atoms with Crippen LogP contribution in [0.4, 0.5) is 5.69 Å². The van der Waals surface area contributed by atoms with Crippen LogP contribution in [0.1, 0.15) is 53.4 Å². The van der Waals surface area contributed by atoms with E-state index in [0.717, 1.165) is 17.1 Å². The molecule has 1 atom stereocenters. The van der Waals surface area contributed by atoms with Crippen molar-refractivity contribution in [3.8, 4) is 0 Å². The number of rotatable bonds is 6. The Morgan fingerprint density at radius 1 is 1.21 bits per heavy atom. The molecular formula is C19H25N5O3S. The first-order valence-electron chi connectivity index (χ1n) is 8.73. The van der Waals surface area contributed by atoms with Gasteiger partial charge in [0.2, 0.25) is 5.91 Å². The fraction of sp³-hybridized carbons (Fsp3) is 0.368. The molecule has 1 aromatic carbocycles. The SMILES string of the molecule is CC(C(=O)NC(C)(C)C)N(Cc1ccccc1)C(=O)c1snc(C(N)=O)c1N. The van der Waals surface area contributed by atoms with E-state index >= 15 is 0 Å². The van der Waals surface area contributed by atoms with Gasteiger partial charge in [0, 0.05) is 12.1 Å². The van der Waals surface area contributed by atoms with Crippen LogP contribution in [-0.4, -0.2) is 38.6 Å². The quantitative estimate of drug-likeness (QED) is 0.676. The van der Waals surface area contributed by atoms with E-state index in [-0.39, 0.29) is 28.7 Å². The molecule has 0 radical (unpaired) electrons. The van der Waals surface area contributed by atoms with Gasteiger partial charge in [0.15, 0.2) is 5.69 Å². The Labute approximate surface area is 168 Å². The fourth-order valence-corrected chi connectivity index (χ4v) is 3.30. The van der Waals surface area contributed by atoms with Crippen molar-refractivity contribution < 1.29 is 14.4 Å². The molecule has 0 saturated heterocycles. The lowest BCUT2D eigenvalue weighted by molar-refractivity contribution is -0.126. The van der Waals surface area contributed by atoms with E-state index in [1.54, 1.807) is 6.92 Å². The van der Waals surface area contributed by atoms with Gasteiger partial charge in [0.05, 0.1) is 5.69 Å². The number of hydrogen-bond donors (Lipinski definition) is 3. The van der Waals surface area contributed by atoms with E-state index in [4.69, 9.17) is 11.5 Å². The van der Waals surface area contributed by atoms with Crippen molar-refractivity contribution in [3.05, 3.63) is 46.5 Å². The molecule has 28 heavy (non-hydrogen) atoms. The monoisotopic (exact) mass is 403 g/mol. The largest absolute Gasteiger partial charge is 0.395 e. The highest BCUT2D eigenvalue weighted by Gasteiger charge is 2.32. The second-order valence-corrected chi connectivity index (χ2v) is 8.25. The Kier molecular flexibility index (Phi) is 6.40. The minimum Gasteiger partial charge on any atom is -0.395 e. The molecule has 0 spiro atoms. The zero-order chi connectivity index (χ0) is 21.1. The lowest BCUT2D eigenvalue weighted by atomic mass is 10.1. The summed E-state index contributed by atoms with van der Waals surface area (Å²) in [6.45, 7) is 7.43. The lowest BCUT2D eigenvalue weighted by Crippen LogP contribution is -2.52. The summed E-state index contributed by atoms with van der Waals surface area (Å²) in [6.07, 6.45) is 0. The molecule has 0 saturated carbocycles. The number of aromatic nitrogens is 1. The molecule has 2 aromatic rings. The van der Waals surface area contributed by atoms with Gasteiger partial charge < -0.3 is 21.7 Å². The molecule has 150 valence electrons. The van der Waals surface area contributed by atoms with E-state index in [2.05, 4.69) is 9.69 Å². The summed E-state index contributed by atoms with van der Waals surface area (Å²) in [5.41, 5.74) is 11.4. The maximum Gasteiger partial charge on any atom is 0.270 e. The van der Waals surface area contributed by atoms with Crippen LogP contribution in [0.5, 0.6) is 0 Å². The van der Waals surface area contributed by atoms with Crippen molar-refractivity contribution in [1.29, 1.82) is 0 Å². The molecule has 1 aromatic heterocycles. The van der Waals surface area contributed by atoms with Crippen molar-refractivity contribution >= 4 is 34.9 Å². The Morgan fingerprint density at radius 3 is 2.32 bits per heavy atom. The first kappa shape index (κ1) is 21.4. The highest BCUT2D eigenvalue weighted by atomic mass is 32.1. The van der Waals surface area contributed by atoms with Gasteiger partial charge in [0.1, 0.15) is 10.9 Å². The van der Waals surface area contributed by atoms with Crippen molar-refractivity contribution in [2.75, 3.05) is 5.73 Å². The number of nitrogens with two attached hydrogens (primary N) is 2. The van der Waals surface area contributed by atoms with Crippen LogP contribution in [0.25, 0.3) is 0 Å². The zero-order valence-electron chi connectivity index (χ0n) is 16.4. The number of primary amides is 1. The maximum atomic E-state index is 13.2. The topological polar surface area (TPSA) is 131 Å². The van der Waals surface area contributed by atoms with Gasteiger partial charge in [-0.05, 0) is 44.8 Å². The van der Waals surface area contributed by atoms with E-state index < -0.39 is 23.4 Å². The van der Waals surface area contributed by atoms with E-state index in [0.29, 0.717) is 0 Å². The highest BCUT2D eigenvalue weighted by Crippen LogP contribution is 2.25. The van der Waals surface area contributed by atoms with Gasteiger partial charge in [0.25, 0.3) is 11.8 Å². The van der Waals surface area contributed by atoms with Gasteiger partial charge in [-0.25, -0.2) is 0 Å². The number of nitrogens with zero attached hydrogens (tertiary/aromatic N) is 2. The van der Waals surface area contributed by atoms with E-state index in [9.17, 15) is 14.4 Å². The Morgan fingerprint density at radius 2 is 1.82 bits per heavy atom. The number of anilines is 1. The summed E-state index contributed by atoms with van der Waals surface area (Å²) < 4.78 is 3.88. The summed E-state index contributed by atoms with van der Waals surface area (Å²) in [4.78, 5) is 38.8. The Hall–Kier alpha value is -2.94. The number of hydrogen-bond acceptors (Lipinski definition) is 6. The van der Waals surface area contributed by atoms with Crippen molar-refractivity contribution in [3.63, 3.8) is 0 Å². The molecule has 0 aliphatic rings. The Bertz CT molecular complexity index is 873. The molecule has 1 heterocycles. The van der Waals surface area contributed by atoms with Crippen LogP contribution in [-0.2, 0) is 11.3 Å². The standard InChI is InChI=1S/C19H25N5O3S/c1-11(17(26)22-19(2,3)4)24(10-12-8-6-5-7-9-12)18(27)15-13(20)14(16(21)25)23-28-15/h5-9,11H,10,20H2,1-4H3,(H2,21,25)(H,22,26). The summed E-state index contributed by atoms with van der Waals surface area (Å²) in [7, 11) is 0. The molecule has 0 bridgehead atoms.